The number of benzene rings is 3. The van der Waals surface area contributed by atoms with Crippen molar-refractivity contribution in [2.45, 2.75) is 38.8 Å². The second-order valence-electron chi connectivity index (χ2n) is 9.05. The molecule has 32 heavy (non-hydrogen) atoms. The van der Waals surface area contributed by atoms with E-state index >= 15 is 0 Å². The van der Waals surface area contributed by atoms with Gasteiger partial charge in [0.25, 0.3) is 0 Å². The summed E-state index contributed by atoms with van der Waals surface area (Å²) in [4.78, 5) is 2.38. The fraction of sp³-hybridized carbons (Fsp3) is 0.333. The number of rotatable bonds is 6. The monoisotopic (exact) mass is 469 g/mol. The van der Waals surface area contributed by atoms with Crippen molar-refractivity contribution < 1.29 is 9.84 Å². The molecule has 1 aliphatic heterocycles. The Morgan fingerprint density at radius 3 is 2.44 bits per heavy atom. The molecule has 0 amide bonds. The van der Waals surface area contributed by atoms with Gasteiger partial charge < -0.3 is 9.84 Å². The first-order chi connectivity index (χ1) is 15.3. The molecule has 1 N–H and O–H groups in total. The number of fused-ring (bicyclic) bond motifs is 1. The normalized spacial score (nSPS) is 14.3. The predicted octanol–water partition coefficient (Wildman–Crippen LogP) is 6.86. The van der Waals surface area contributed by atoms with E-state index in [4.69, 9.17) is 27.9 Å². The smallest absolute Gasteiger partial charge is 0.124 e. The van der Waals surface area contributed by atoms with E-state index in [1.807, 2.05) is 56.3 Å². The van der Waals surface area contributed by atoms with Crippen LogP contribution in [0.2, 0.25) is 10.0 Å². The number of hydrogen-bond acceptors (Lipinski definition) is 3. The Balaban J connectivity index is 1.69. The zero-order valence-electron chi connectivity index (χ0n) is 18.8. The summed E-state index contributed by atoms with van der Waals surface area (Å²) in [6.07, 6.45) is 1.68. The summed E-state index contributed by atoms with van der Waals surface area (Å²) in [6.45, 7) is 6.36. The molecule has 1 heterocycles. The van der Waals surface area contributed by atoms with E-state index in [0.717, 1.165) is 60.5 Å². The van der Waals surface area contributed by atoms with E-state index in [0.29, 0.717) is 10.0 Å². The topological polar surface area (TPSA) is 32.7 Å². The maximum Gasteiger partial charge on any atom is 0.124 e. The quantitative estimate of drug-likeness (QED) is 0.428. The summed E-state index contributed by atoms with van der Waals surface area (Å²) in [5.74, 6) is 0.879. The van der Waals surface area contributed by atoms with Gasteiger partial charge in [0.2, 0.25) is 0 Å². The van der Waals surface area contributed by atoms with Crippen LogP contribution in [0.5, 0.6) is 5.75 Å². The van der Waals surface area contributed by atoms with Gasteiger partial charge in [-0.2, -0.15) is 0 Å². The van der Waals surface area contributed by atoms with Crippen molar-refractivity contribution in [3.05, 3.63) is 75.8 Å². The molecule has 0 unspecified atom stereocenters. The first kappa shape index (κ1) is 23.1. The third-order valence-corrected chi connectivity index (χ3v) is 6.85. The summed E-state index contributed by atoms with van der Waals surface area (Å²) in [7, 11) is 1.72. The highest BCUT2D eigenvalue weighted by Crippen LogP contribution is 2.41. The molecule has 0 saturated carbocycles. The van der Waals surface area contributed by atoms with Gasteiger partial charge in [-0.15, -0.1) is 0 Å². The van der Waals surface area contributed by atoms with E-state index in [9.17, 15) is 5.11 Å². The Hall–Kier alpha value is -2.04. The van der Waals surface area contributed by atoms with Gasteiger partial charge in [-0.25, -0.2) is 0 Å². The molecular weight excluding hydrogens is 441 g/mol. The second-order valence-corrected chi connectivity index (χ2v) is 9.84. The molecule has 0 bridgehead atoms. The average Bonchev–Trinajstić information content (AvgIpc) is 2.77. The summed E-state index contributed by atoms with van der Waals surface area (Å²) in [5, 5.41) is 11.4. The molecule has 3 aromatic carbocycles. The lowest BCUT2D eigenvalue weighted by Gasteiger charge is -2.32. The fourth-order valence-electron chi connectivity index (χ4n) is 4.29. The number of methoxy groups -OCH3 is 1. The van der Waals surface area contributed by atoms with Crippen LogP contribution in [0.4, 0.5) is 0 Å². The van der Waals surface area contributed by atoms with E-state index in [2.05, 4.69) is 17.0 Å². The van der Waals surface area contributed by atoms with Crippen LogP contribution in [0.25, 0.3) is 22.3 Å². The number of nitrogens with zero attached hydrogens (tertiary/aromatic N) is 1. The molecule has 4 rings (SSSR count). The molecule has 0 aromatic heterocycles. The minimum atomic E-state index is -0.655. The van der Waals surface area contributed by atoms with Gasteiger partial charge in [0, 0.05) is 46.9 Å². The van der Waals surface area contributed by atoms with Crippen molar-refractivity contribution in [2.75, 3.05) is 20.2 Å². The van der Waals surface area contributed by atoms with Gasteiger partial charge in [0.1, 0.15) is 5.75 Å². The Bertz CT molecular complexity index is 1100. The Kier molecular flexibility index (Phi) is 6.83. The van der Waals surface area contributed by atoms with Crippen molar-refractivity contribution in [3.8, 4) is 28.0 Å². The zero-order valence-corrected chi connectivity index (χ0v) is 20.3. The highest BCUT2D eigenvalue weighted by molar-refractivity contribution is 6.38. The van der Waals surface area contributed by atoms with Crippen LogP contribution >= 0.6 is 23.2 Å². The van der Waals surface area contributed by atoms with Gasteiger partial charge >= 0.3 is 0 Å². The first-order valence-corrected chi connectivity index (χ1v) is 11.7. The van der Waals surface area contributed by atoms with Gasteiger partial charge in [-0.3, -0.25) is 4.90 Å². The van der Waals surface area contributed by atoms with Crippen LogP contribution in [0, 0.1) is 0 Å². The first-order valence-electron chi connectivity index (χ1n) is 10.9. The molecule has 0 atom stereocenters. The Morgan fingerprint density at radius 1 is 1.00 bits per heavy atom. The van der Waals surface area contributed by atoms with Crippen molar-refractivity contribution in [1.29, 1.82) is 0 Å². The van der Waals surface area contributed by atoms with Crippen molar-refractivity contribution in [3.63, 3.8) is 0 Å². The van der Waals surface area contributed by atoms with Crippen molar-refractivity contribution in [1.82, 2.24) is 4.90 Å². The lowest BCUT2D eigenvalue weighted by molar-refractivity contribution is 0.0557. The van der Waals surface area contributed by atoms with E-state index in [1.165, 1.54) is 11.1 Å². The average molecular weight is 470 g/mol. The van der Waals surface area contributed by atoms with Gasteiger partial charge in [-0.05, 0) is 49.9 Å². The van der Waals surface area contributed by atoms with Gasteiger partial charge in [0.05, 0.1) is 17.7 Å². The lowest BCUT2D eigenvalue weighted by Crippen LogP contribution is -2.35. The third-order valence-electron chi connectivity index (χ3n) is 6.11. The molecule has 1 aliphatic rings. The maximum atomic E-state index is 10.1. The number of halogens is 2. The van der Waals surface area contributed by atoms with E-state index in [1.54, 1.807) is 7.11 Å². The van der Waals surface area contributed by atoms with Gasteiger partial charge in [-0.1, -0.05) is 65.7 Å². The highest BCUT2D eigenvalue weighted by Gasteiger charge is 2.23. The van der Waals surface area contributed by atoms with Crippen LogP contribution in [-0.2, 0) is 13.0 Å². The molecule has 168 valence electrons. The third kappa shape index (κ3) is 4.97. The van der Waals surface area contributed by atoms with Crippen LogP contribution in [0.15, 0.2) is 54.6 Å². The molecule has 0 saturated heterocycles. The maximum absolute atomic E-state index is 10.1. The molecule has 5 heteroatoms. The van der Waals surface area contributed by atoms with Crippen LogP contribution in [0.1, 0.15) is 31.4 Å². The van der Waals surface area contributed by atoms with Gasteiger partial charge in [0.15, 0.2) is 0 Å². The largest absolute Gasteiger partial charge is 0.496 e. The molecule has 0 aliphatic carbocycles. The van der Waals surface area contributed by atoms with E-state index in [-0.39, 0.29) is 0 Å². The second kappa shape index (κ2) is 9.44. The number of aliphatic hydroxyl groups is 1. The van der Waals surface area contributed by atoms with Crippen molar-refractivity contribution in [2.24, 2.45) is 0 Å². The zero-order chi connectivity index (χ0) is 22.9. The Labute approximate surface area is 200 Å². The molecule has 0 spiro atoms. The van der Waals surface area contributed by atoms with Crippen LogP contribution in [-0.4, -0.2) is 35.8 Å². The van der Waals surface area contributed by atoms with Crippen LogP contribution < -0.4 is 4.74 Å². The minimum absolute atomic E-state index is 0.655. The summed E-state index contributed by atoms with van der Waals surface area (Å²) in [5.41, 5.74) is 5.71. The molecule has 0 radical (unpaired) electrons. The summed E-state index contributed by atoms with van der Waals surface area (Å²) < 4.78 is 5.80. The fourth-order valence-corrected chi connectivity index (χ4v) is 4.86. The Morgan fingerprint density at radius 2 is 1.72 bits per heavy atom. The van der Waals surface area contributed by atoms with E-state index < -0.39 is 5.60 Å². The molecule has 3 aromatic rings. The standard InChI is InChI=1S/C27H29Cl2NO2/c1-27(2,31)12-14-30-13-11-18-15-19(16-25(32-3)23(18)17-30)20-8-6-9-22(26(20)29)21-7-4-5-10-24(21)28/h4-10,15-16,31H,11-14,17H2,1-3H3. The minimum Gasteiger partial charge on any atom is -0.496 e. The molecular formula is C27H29Cl2NO2. The van der Waals surface area contributed by atoms with Crippen LogP contribution in [0.3, 0.4) is 0 Å². The number of ether oxygens (including phenoxy) is 1. The highest BCUT2D eigenvalue weighted by atomic mass is 35.5. The predicted molar refractivity (Wildman–Crippen MR) is 134 cm³/mol. The SMILES string of the molecule is COc1cc(-c2cccc(-c3ccccc3Cl)c2Cl)cc2c1CN(CCC(C)(C)O)CC2. The lowest BCUT2D eigenvalue weighted by atomic mass is 9.92. The summed E-state index contributed by atoms with van der Waals surface area (Å²) >= 11 is 13.3. The van der Waals surface area contributed by atoms with Crippen molar-refractivity contribution >= 4 is 23.2 Å². The summed E-state index contributed by atoms with van der Waals surface area (Å²) in [6, 6.07) is 18.1. The molecule has 0 fully saturated rings. The molecule has 3 nitrogen and oxygen atoms in total. The number of hydrogen-bond donors (Lipinski definition) is 1.